The molecule has 0 aliphatic carbocycles. The van der Waals surface area contributed by atoms with Crippen molar-refractivity contribution in [1.29, 1.82) is 0 Å². The summed E-state index contributed by atoms with van der Waals surface area (Å²) in [7, 11) is 0. The molecular weight excluding hydrogens is 216 g/mol. The van der Waals surface area contributed by atoms with E-state index in [1.807, 2.05) is 6.07 Å². The lowest BCUT2D eigenvalue weighted by molar-refractivity contribution is 0.168. The van der Waals surface area contributed by atoms with Gasteiger partial charge in [-0.25, -0.2) is 4.79 Å². The molecule has 0 atom stereocenters. The standard InChI is InChI=1S/C13H16N2O2/c16-12-14-13(10-17-12)6-8-15(9-7-13)11-4-2-1-3-5-11/h1-5H,6-10H2,(H,14,16). The number of anilines is 1. The predicted molar refractivity (Wildman–Crippen MR) is 65.1 cm³/mol. The van der Waals surface area contributed by atoms with Crippen LogP contribution in [0.25, 0.3) is 0 Å². The average molecular weight is 232 g/mol. The first-order valence-electron chi connectivity index (χ1n) is 6.02. The second-order valence-electron chi connectivity index (χ2n) is 4.80. The van der Waals surface area contributed by atoms with Gasteiger partial charge in [0.25, 0.3) is 0 Å². The molecule has 1 aromatic carbocycles. The number of alkyl carbamates (subject to hydrolysis) is 1. The highest BCUT2D eigenvalue weighted by Gasteiger charge is 2.41. The van der Waals surface area contributed by atoms with Crippen LogP contribution in [-0.2, 0) is 4.74 Å². The molecule has 2 aliphatic heterocycles. The zero-order valence-electron chi connectivity index (χ0n) is 9.69. The number of piperidine rings is 1. The Morgan fingerprint density at radius 3 is 2.47 bits per heavy atom. The molecule has 2 aliphatic rings. The fourth-order valence-electron chi connectivity index (χ4n) is 2.59. The van der Waals surface area contributed by atoms with Gasteiger partial charge in [0.2, 0.25) is 0 Å². The molecule has 0 saturated carbocycles. The van der Waals surface area contributed by atoms with E-state index in [2.05, 4.69) is 34.5 Å². The Kier molecular flexibility index (Phi) is 2.42. The maximum Gasteiger partial charge on any atom is 0.407 e. The Balaban J connectivity index is 1.67. The van der Waals surface area contributed by atoms with E-state index in [-0.39, 0.29) is 11.6 Å². The van der Waals surface area contributed by atoms with Crippen molar-refractivity contribution in [3.05, 3.63) is 30.3 Å². The van der Waals surface area contributed by atoms with Crippen LogP contribution < -0.4 is 10.2 Å². The Morgan fingerprint density at radius 1 is 1.18 bits per heavy atom. The van der Waals surface area contributed by atoms with E-state index in [1.54, 1.807) is 0 Å². The quantitative estimate of drug-likeness (QED) is 0.802. The van der Waals surface area contributed by atoms with E-state index in [0.717, 1.165) is 25.9 Å². The molecule has 1 spiro atoms. The van der Waals surface area contributed by atoms with Crippen molar-refractivity contribution in [2.24, 2.45) is 0 Å². The molecule has 1 aromatic rings. The minimum atomic E-state index is -0.266. The van der Waals surface area contributed by atoms with Crippen LogP contribution in [0.3, 0.4) is 0 Å². The number of carbonyl (C=O) groups excluding carboxylic acids is 1. The number of nitrogens with zero attached hydrogens (tertiary/aromatic N) is 1. The molecule has 4 nitrogen and oxygen atoms in total. The summed E-state index contributed by atoms with van der Waals surface area (Å²) in [6, 6.07) is 10.4. The molecule has 0 aromatic heterocycles. The van der Waals surface area contributed by atoms with E-state index in [4.69, 9.17) is 4.74 Å². The van der Waals surface area contributed by atoms with Crippen molar-refractivity contribution in [2.75, 3.05) is 24.6 Å². The molecule has 17 heavy (non-hydrogen) atoms. The third kappa shape index (κ3) is 1.95. The number of nitrogens with one attached hydrogen (secondary N) is 1. The highest BCUT2D eigenvalue weighted by molar-refractivity contribution is 5.70. The zero-order valence-corrected chi connectivity index (χ0v) is 9.69. The Hall–Kier alpha value is -1.71. The fourth-order valence-corrected chi connectivity index (χ4v) is 2.59. The molecule has 90 valence electrons. The maximum atomic E-state index is 11.1. The number of carbonyl (C=O) groups is 1. The number of amides is 1. The van der Waals surface area contributed by atoms with E-state index in [9.17, 15) is 4.79 Å². The second-order valence-corrected chi connectivity index (χ2v) is 4.80. The second kappa shape index (κ2) is 3.95. The number of cyclic esters (lactones) is 1. The molecule has 0 bridgehead atoms. The number of rotatable bonds is 1. The molecule has 0 unspecified atom stereocenters. The Labute approximate surface area is 101 Å². The lowest BCUT2D eigenvalue weighted by Crippen LogP contribution is -2.52. The number of benzene rings is 1. The van der Waals surface area contributed by atoms with Gasteiger partial charge in [0.05, 0.1) is 5.54 Å². The molecule has 1 amide bonds. The summed E-state index contributed by atoms with van der Waals surface area (Å²) in [4.78, 5) is 13.5. The van der Waals surface area contributed by atoms with Gasteiger partial charge in [-0.2, -0.15) is 0 Å². The summed E-state index contributed by atoms with van der Waals surface area (Å²) in [5, 5.41) is 2.95. The first-order chi connectivity index (χ1) is 8.27. The molecule has 2 heterocycles. The summed E-state index contributed by atoms with van der Waals surface area (Å²) in [5.74, 6) is 0. The van der Waals surface area contributed by atoms with Crippen molar-refractivity contribution in [3.8, 4) is 0 Å². The van der Waals surface area contributed by atoms with Crippen LogP contribution in [0.15, 0.2) is 30.3 Å². The van der Waals surface area contributed by atoms with Crippen LogP contribution in [0.1, 0.15) is 12.8 Å². The van der Waals surface area contributed by atoms with Gasteiger partial charge in [-0.05, 0) is 25.0 Å². The van der Waals surface area contributed by atoms with Crippen molar-refractivity contribution in [2.45, 2.75) is 18.4 Å². The lowest BCUT2D eigenvalue weighted by atomic mass is 9.89. The van der Waals surface area contributed by atoms with Crippen LogP contribution >= 0.6 is 0 Å². The van der Waals surface area contributed by atoms with Crippen LogP contribution in [0.2, 0.25) is 0 Å². The van der Waals surface area contributed by atoms with Crippen LogP contribution in [0.5, 0.6) is 0 Å². The lowest BCUT2D eigenvalue weighted by Gasteiger charge is -2.38. The Bertz CT molecular complexity index is 411. The van der Waals surface area contributed by atoms with Gasteiger partial charge in [-0.3, -0.25) is 0 Å². The summed E-state index contributed by atoms with van der Waals surface area (Å²) >= 11 is 0. The third-order valence-corrected chi connectivity index (χ3v) is 3.69. The molecule has 2 saturated heterocycles. The summed E-state index contributed by atoms with van der Waals surface area (Å²) in [6.45, 7) is 2.45. The van der Waals surface area contributed by atoms with Gasteiger partial charge >= 0.3 is 6.09 Å². The predicted octanol–water partition coefficient (Wildman–Crippen LogP) is 1.77. The van der Waals surface area contributed by atoms with Gasteiger partial charge in [0, 0.05) is 18.8 Å². The summed E-state index contributed by atoms with van der Waals surface area (Å²) < 4.78 is 5.02. The average Bonchev–Trinajstić information content (AvgIpc) is 2.73. The minimum absolute atomic E-state index is 0.109. The molecule has 3 rings (SSSR count). The fraction of sp³-hybridized carbons (Fsp3) is 0.462. The smallest absolute Gasteiger partial charge is 0.407 e. The van der Waals surface area contributed by atoms with E-state index in [0.29, 0.717) is 6.61 Å². The molecular formula is C13H16N2O2. The number of para-hydroxylation sites is 1. The van der Waals surface area contributed by atoms with Gasteiger partial charge < -0.3 is 15.0 Å². The minimum Gasteiger partial charge on any atom is -0.447 e. The normalized spacial score (nSPS) is 22.4. The van der Waals surface area contributed by atoms with Crippen LogP contribution in [0.4, 0.5) is 10.5 Å². The topological polar surface area (TPSA) is 41.6 Å². The molecule has 4 heteroatoms. The summed E-state index contributed by atoms with van der Waals surface area (Å²) in [5.41, 5.74) is 1.15. The number of hydrogen-bond donors (Lipinski definition) is 1. The maximum absolute atomic E-state index is 11.1. The van der Waals surface area contributed by atoms with Crippen molar-refractivity contribution in [1.82, 2.24) is 5.32 Å². The van der Waals surface area contributed by atoms with Crippen LogP contribution in [-0.4, -0.2) is 31.3 Å². The number of hydrogen-bond acceptors (Lipinski definition) is 3. The van der Waals surface area contributed by atoms with Gasteiger partial charge in [0.15, 0.2) is 0 Å². The monoisotopic (exact) mass is 232 g/mol. The van der Waals surface area contributed by atoms with E-state index < -0.39 is 0 Å². The zero-order chi connectivity index (χ0) is 11.7. The van der Waals surface area contributed by atoms with E-state index in [1.165, 1.54) is 5.69 Å². The molecule has 2 fully saturated rings. The molecule has 1 N–H and O–H groups in total. The third-order valence-electron chi connectivity index (χ3n) is 3.69. The Morgan fingerprint density at radius 2 is 1.88 bits per heavy atom. The first kappa shape index (κ1) is 10.4. The number of ether oxygens (including phenoxy) is 1. The van der Waals surface area contributed by atoms with Crippen molar-refractivity contribution in [3.63, 3.8) is 0 Å². The van der Waals surface area contributed by atoms with Crippen LogP contribution in [0, 0.1) is 0 Å². The highest BCUT2D eigenvalue weighted by Crippen LogP contribution is 2.29. The van der Waals surface area contributed by atoms with Gasteiger partial charge in [-0.15, -0.1) is 0 Å². The molecule has 0 radical (unpaired) electrons. The highest BCUT2D eigenvalue weighted by atomic mass is 16.6. The largest absolute Gasteiger partial charge is 0.447 e. The van der Waals surface area contributed by atoms with Gasteiger partial charge in [0.1, 0.15) is 6.61 Å². The van der Waals surface area contributed by atoms with Crippen molar-refractivity contribution >= 4 is 11.8 Å². The SMILES string of the molecule is O=C1NC2(CCN(c3ccccc3)CC2)CO1. The summed E-state index contributed by atoms with van der Waals surface area (Å²) in [6.07, 6.45) is 1.64. The van der Waals surface area contributed by atoms with E-state index >= 15 is 0 Å². The van der Waals surface area contributed by atoms with Crippen molar-refractivity contribution < 1.29 is 9.53 Å². The van der Waals surface area contributed by atoms with Gasteiger partial charge in [-0.1, -0.05) is 18.2 Å². The first-order valence-corrected chi connectivity index (χ1v) is 6.02.